The minimum absolute atomic E-state index is 0.342. The van der Waals surface area contributed by atoms with Crippen LogP contribution >= 0.6 is 0 Å². The van der Waals surface area contributed by atoms with Crippen LogP contribution in [0.3, 0.4) is 0 Å². The Hall–Kier alpha value is -0.590. The van der Waals surface area contributed by atoms with E-state index in [-0.39, 0.29) is 5.54 Å². The molecule has 0 bridgehead atoms. The van der Waals surface area contributed by atoms with E-state index in [1.165, 1.54) is 0 Å². The van der Waals surface area contributed by atoms with Gasteiger partial charge in [-0.2, -0.15) is 5.26 Å². The summed E-state index contributed by atoms with van der Waals surface area (Å²) in [6, 6.07) is 2.86. The Morgan fingerprint density at radius 1 is 1.21 bits per heavy atom. The summed E-state index contributed by atoms with van der Waals surface area (Å²) in [6.07, 6.45) is 2.90. The molecule has 19 heavy (non-hydrogen) atoms. The van der Waals surface area contributed by atoms with Crippen molar-refractivity contribution in [2.24, 2.45) is 5.92 Å². The molecule has 0 aromatic heterocycles. The molecule has 3 heteroatoms. The molecule has 1 atom stereocenters. The van der Waals surface area contributed by atoms with E-state index in [0.29, 0.717) is 12.0 Å². The lowest BCUT2D eigenvalue weighted by Gasteiger charge is -2.30. The van der Waals surface area contributed by atoms with Crippen molar-refractivity contribution in [2.75, 3.05) is 19.6 Å². The number of hydrogen-bond donors (Lipinski definition) is 1. The van der Waals surface area contributed by atoms with E-state index in [1.807, 2.05) is 0 Å². The third-order valence-corrected chi connectivity index (χ3v) is 3.53. The van der Waals surface area contributed by atoms with E-state index in [4.69, 9.17) is 0 Å². The van der Waals surface area contributed by atoms with Crippen molar-refractivity contribution in [3.05, 3.63) is 0 Å². The molecule has 0 aromatic rings. The fourth-order valence-electron chi connectivity index (χ4n) is 2.57. The summed E-state index contributed by atoms with van der Waals surface area (Å²) < 4.78 is 0. The van der Waals surface area contributed by atoms with Gasteiger partial charge in [0.1, 0.15) is 5.54 Å². The van der Waals surface area contributed by atoms with Crippen LogP contribution in [0.25, 0.3) is 0 Å². The van der Waals surface area contributed by atoms with Gasteiger partial charge in [0.15, 0.2) is 0 Å². The van der Waals surface area contributed by atoms with Crippen molar-refractivity contribution >= 4 is 0 Å². The molecule has 0 fully saturated rings. The Kier molecular flexibility index (Phi) is 9.05. The average molecular weight is 267 g/mol. The van der Waals surface area contributed by atoms with Crippen LogP contribution in [0.15, 0.2) is 0 Å². The predicted octanol–water partition coefficient (Wildman–Crippen LogP) is 3.41. The van der Waals surface area contributed by atoms with Gasteiger partial charge in [-0.3, -0.25) is 5.32 Å². The Bertz CT molecular complexity index is 268. The van der Waals surface area contributed by atoms with E-state index in [2.05, 4.69) is 57.8 Å². The molecule has 0 aliphatic heterocycles. The highest BCUT2D eigenvalue weighted by Crippen LogP contribution is 2.18. The SMILES string of the molecule is CCN(CCCC(C#N)(CC)NC(C)C)CC(C)C. The number of hydrogen-bond acceptors (Lipinski definition) is 3. The van der Waals surface area contributed by atoms with Crippen LogP contribution in [-0.4, -0.2) is 36.1 Å². The minimum Gasteiger partial charge on any atom is -0.303 e. The van der Waals surface area contributed by atoms with Crippen LogP contribution in [0.2, 0.25) is 0 Å². The van der Waals surface area contributed by atoms with Crippen LogP contribution in [0.1, 0.15) is 60.8 Å². The molecule has 0 amide bonds. The van der Waals surface area contributed by atoms with Crippen molar-refractivity contribution in [1.82, 2.24) is 10.2 Å². The maximum Gasteiger partial charge on any atom is 0.106 e. The van der Waals surface area contributed by atoms with Crippen LogP contribution in [0.4, 0.5) is 0 Å². The standard InChI is InChI=1S/C16H33N3/c1-7-16(13-17,18-15(5)6)10-9-11-19(8-2)12-14(3)4/h14-15,18H,7-12H2,1-6H3. The summed E-state index contributed by atoms with van der Waals surface area (Å²) in [6.45, 7) is 16.4. The molecule has 0 aliphatic carbocycles. The van der Waals surface area contributed by atoms with Crippen molar-refractivity contribution in [3.63, 3.8) is 0 Å². The summed E-state index contributed by atoms with van der Waals surface area (Å²) in [7, 11) is 0. The average Bonchev–Trinajstić information content (AvgIpc) is 2.35. The third-order valence-electron chi connectivity index (χ3n) is 3.53. The molecule has 1 unspecified atom stereocenters. The highest BCUT2D eigenvalue weighted by Gasteiger charge is 2.27. The Labute approximate surface area is 120 Å². The number of rotatable bonds is 10. The molecule has 0 saturated heterocycles. The lowest BCUT2D eigenvalue weighted by Crippen LogP contribution is -2.47. The highest BCUT2D eigenvalue weighted by molar-refractivity contribution is 5.06. The quantitative estimate of drug-likeness (QED) is 0.659. The molecular weight excluding hydrogens is 234 g/mol. The number of nitrogens with one attached hydrogen (secondary N) is 1. The first-order chi connectivity index (χ1) is 8.89. The second kappa shape index (κ2) is 9.34. The van der Waals surface area contributed by atoms with Crippen LogP contribution in [0.5, 0.6) is 0 Å². The minimum atomic E-state index is -0.342. The van der Waals surface area contributed by atoms with Gasteiger partial charge in [-0.25, -0.2) is 0 Å². The second-order valence-electron chi connectivity index (χ2n) is 6.24. The van der Waals surface area contributed by atoms with Crippen molar-refractivity contribution < 1.29 is 0 Å². The second-order valence-corrected chi connectivity index (χ2v) is 6.24. The van der Waals surface area contributed by atoms with Gasteiger partial charge in [-0.1, -0.05) is 27.7 Å². The predicted molar refractivity (Wildman–Crippen MR) is 83.1 cm³/mol. The van der Waals surface area contributed by atoms with Crippen molar-refractivity contribution in [3.8, 4) is 6.07 Å². The summed E-state index contributed by atoms with van der Waals surface area (Å²) in [5.41, 5.74) is -0.342. The monoisotopic (exact) mass is 267 g/mol. The number of nitriles is 1. The van der Waals surface area contributed by atoms with Gasteiger partial charge in [0.2, 0.25) is 0 Å². The summed E-state index contributed by atoms with van der Waals surface area (Å²) in [5, 5.41) is 12.9. The van der Waals surface area contributed by atoms with Crippen molar-refractivity contribution in [1.29, 1.82) is 5.26 Å². The molecule has 0 rings (SSSR count). The van der Waals surface area contributed by atoms with Gasteiger partial charge in [-0.05, 0) is 52.1 Å². The number of nitrogens with zero attached hydrogens (tertiary/aromatic N) is 2. The molecule has 0 spiro atoms. The zero-order chi connectivity index (χ0) is 14.9. The van der Waals surface area contributed by atoms with Gasteiger partial charge in [0.25, 0.3) is 0 Å². The summed E-state index contributed by atoms with van der Waals surface area (Å²) in [4.78, 5) is 2.48. The molecule has 0 heterocycles. The molecule has 0 saturated carbocycles. The maximum absolute atomic E-state index is 9.47. The van der Waals surface area contributed by atoms with Crippen LogP contribution in [0, 0.1) is 17.2 Å². The molecule has 0 radical (unpaired) electrons. The first-order valence-electron chi connectivity index (χ1n) is 7.80. The topological polar surface area (TPSA) is 39.1 Å². The van der Waals surface area contributed by atoms with E-state index in [1.54, 1.807) is 0 Å². The van der Waals surface area contributed by atoms with Crippen LogP contribution < -0.4 is 5.32 Å². The van der Waals surface area contributed by atoms with Gasteiger partial charge >= 0.3 is 0 Å². The lowest BCUT2D eigenvalue weighted by atomic mass is 9.91. The first kappa shape index (κ1) is 18.4. The van der Waals surface area contributed by atoms with Gasteiger partial charge in [0, 0.05) is 12.6 Å². The molecule has 1 N–H and O–H groups in total. The molecule has 112 valence electrons. The fourth-order valence-corrected chi connectivity index (χ4v) is 2.57. The third kappa shape index (κ3) is 7.54. The fraction of sp³-hybridized carbons (Fsp3) is 0.938. The molecule has 0 aromatic carbocycles. The zero-order valence-corrected chi connectivity index (χ0v) is 13.8. The summed E-state index contributed by atoms with van der Waals surface area (Å²) in [5.74, 6) is 0.709. The lowest BCUT2D eigenvalue weighted by molar-refractivity contribution is 0.236. The zero-order valence-electron chi connectivity index (χ0n) is 13.8. The van der Waals surface area contributed by atoms with Gasteiger partial charge in [0.05, 0.1) is 6.07 Å². The molecule has 0 aliphatic rings. The van der Waals surface area contributed by atoms with E-state index in [9.17, 15) is 5.26 Å². The van der Waals surface area contributed by atoms with Crippen molar-refractivity contribution in [2.45, 2.75) is 72.4 Å². The molecular formula is C16H33N3. The molecule has 3 nitrogen and oxygen atoms in total. The van der Waals surface area contributed by atoms with Crippen LogP contribution in [-0.2, 0) is 0 Å². The Balaban J connectivity index is 4.29. The van der Waals surface area contributed by atoms with E-state index < -0.39 is 0 Å². The van der Waals surface area contributed by atoms with E-state index >= 15 is 0 Å². The van der Waals surface area contributed by atoms with E-state index in [0.717, 1.165) is 38.9 Å². The maximum atomic E-state index is 9.47. The first-order valence-corrected chi connectivity index (χ1v) is 7.80. The van der Waals surface area contributed by atoms with Gasteiger partial charge < -0.3 is 4.90 Å². The highest BCUT2D eigenvalue weighted by atomic mass is 15.1. The largest absolute Gasteiger partial charge is 0.303 e. The Morgan fingerprint density at radius 2 is 1.84 bits per heavy atom. The Morgan fingerprint density at radius 3 is 2.21 bits per heavy atom. The van der Waals surface area contributed by atoms with Gasteiger partial charge in [-0.15, -0.1) is 0 Å². The normalized spacial score (nSPS) is 14.9. The smallest absolute Gasteiger partial charge is 0.106 e. The summed E-state index contributed by atoms with van der Waals surface area (Å²) >= 11 is 0.